The van der Waals surface area contributed by atoms with E-state index in [4.69, 9.17) is 16.3 Å². The number of hydrogen-bond donors (Lipinski definition) is 1. The third-order valence-corrected chi connectivity index (χ3v) is 4.60. The first-order valence-electron chi connectivity index (χ1n) is 7.24. The van der Waals surface area contributed by atoms with Crippen molar-refractivity contribution in [2.24, 2.45) is 0 Å². The molecule has 2 rings (SSSR count). The highest BCUT2D eigenvalue weighted by Gasteiger charge is 2.14. The Morgan fingerprint density at radius 3 is 2.44 bits per heavy atom. The lowest BCUT2D eigenvalue weighted by Crippen LogP contribution is -2.28. The molecule has 0 unspecified atom stereocenters. The number of amides is 1. The number of rotatable bonds is 6. The van der Waals surface area contributed by atoms with Crippen LogP contribution in [0.4, 0.5) is 0 Å². The number of halogens is 1. The molecule has 0 heterocycles. The predicted molar refractivity (Wildman–Crippen MR) is 93.1 cm³/mol. The fourth-order valence-electron chi connectivity index (χ4n) is 1.92. The third-order valence-electron chi connectivity index (χ3n) is 3.24. The van der Waals surface area contributed by atoms with Gasteiger partial charge in [0.1, 0.15) is 0 Å². The highest BCUT2D eigenvalue weighted by molar-refractivity contribution is 7.90. The molecule has 0 aliphatic carbocycles. The number of benzene rings is 2. The molecule has 0 aromatic heterocycles. The van der Waals surface area contributed by atoms with E-state index in [1.165, 1.54) is 24.3 Å². The summed E-state index contributed by atoms with van der Waals surface area (Å²) < 4.78 is 27.9. The quantitative estimate of drug-likeness (QED) is 0.775. The molecule has 0 aliphatic rings. The average molecular weight is 382 g/mol. The van der Waals surface area contributed by atoms with Gasteiger partial charge in [0.2, 0.25) is 0 Å². The minimum absolute atomic E-state index is 0.00846. The Labute approximate surface area is 150 Å². The fourth-order valence-corrected chi connectivity index (χ4v) is 2.71. The summed E-state index contributed by atoms with van der Waals surface area (Å²) in [6.45, 7) is -0.188. The Morgan fingerprint density at radius 2 is 1.80 bits per heavy atom. The van der Waals surface area contributed by atoms with Crippen molar-refractivity contribution in [3.63, 3.8) is 0 Å². The van der Waals surface area contributed by atoms with Gasteiger partial charge in [-0.1, -0.05) is 29.8 Å². The van der Waals surface area contributed by atoms with Gasteiger partial charge in [-0.25, -0.2) is 13.2 Å². The minimum Gasteiger partial charge on any atom is -0.452 e. The van der Waals surface area contributed by atoms with Crippen molar-refractivity contribution in [3.8, 4) is 0 Å². The number of sulfone groups is 1. The Bertz CT molecular complexity index is 878. The average Bonchev–Trinajstić information content (AvgIpc) is 2.58. The van der Waals surface area contributed by atoms with E-state index in [0.29, 0.717) is 5.02 Å². The molecule has 2 aromatic carbocycles. The van der Waals surface area contributed by atoms with Gasteiger partial charge in [0.25, 0.3) is 5.91 Å². The lowest BCUT2D eigenvalue weighted by atomic mass is 10.2. The number of carbonyl (C=O) groups is 2. The second kappa shape index (κ2) is 8.13. The van der Waals surface area contributed by atoms with Crippen LogP contribution < -0.4 is 5.32 Å². The molecular weight excluding hydrogens is 366 g/mol. The molecule has 8 heteroatoms. The summed E-state index contributed by atoms with van der Waals surface area (Å²) in [5.41, 5.74) is 0.915. The number of carbonyl (C=O) groups excluding carboxylic acids is 2. The van der Waals surface area contributed by atoms with Gasteiger partial charge in [-0.15, -0.1) is 0 Å². The van der Waals surface area contributed by atoms with Crippen LogP contribution in [0, 0.1) is 0 Å². The lowest BCUT2D eigenvalue weighted by molar-refractivity contribution is -0.124. The van der Waals surface area contributed by atoms with Crippen LogP contribution in [0.5, 0.6) is 0 Å². The molecule has 25 heavy (non-hydrogen) atoms. The van der Waals surface area contributed by atoms with Crippen molar-refractivity contribution in [1.29, 1.82) is 0 Å². The second-order valence-corrected chi connectivity index (χ2v) is 7.73. The fraction of sp³-hybridized carbons (Fsp3) is 0.176. The first-order chi connectivity index (χ1) is 11.8. The monoisotopic (exact) mass is 381 g/mol. The SMILES string of the molecule is CS(=O)(=O)c1cccc(C(=O)OCC(=O)NCc2ccc(Cl)cc2)c1. The van der Waals surface area contributed by atoms with E-state index in [1.54, 1.807) is 24.3 Å². The molecule has 1 N–H and O–H groups in total. The van der Waals surface area contributed by atoms with Crippen LogP contribution in [0.2, 0.25) is 5.02 Å². The summed E-state index contributed by atoms with van der Waals surface area (Å²) in [4.78, 5) is 23.7. The van der Waals surface area contributed by atoms with Gasteiger partial charge < -0.3 is 10.1 Å². The third kappa shape index (κ3) is 5.88. The van der Waals surface area contributed by atoms with Gasteiger partial charge in [-0.3, -0.25) is 4.79 Å². The maximum Gasteiger partial charge on any atom is 0.338 e. The molecule has 6 nitrogen and oxygen atoms in total. The maximum absolute atomic E-state index is 11.9. The largest absolute Gasteiger partial charge is 0.452 e. The number of nitrogens with one attached hydrogen (secondary N) is 1. The first-order valence-corrected chi connectivity index (χ1v) is 9.51. The molecule has 1 amide bonds. The van der Waals surface area contributed by atoms with Gasteiger partial charge in [-0.05, 0) is 35.9 Å². The van der Waals surface area contributed by atoms with E-state index in [0.717, 1.165) is 11.8 Å². The Morgan fingerprint density at radius 1 is 1.12 bits per heavy atom. The van der Waals surface area contributed by atoms with Gasteiger partial charge in [0, 0.05) is 17.8 Å². The molecule has 0 aliphatic heterocycles. The molecule has 0 radical (unpaired) electrons. The van der Waals surface area contributed by atoms with Crippen molar-refractivity contribution in [1.82, 2.24) is 5.32 Å². The zero-order valence-corrected chi connectivity index (χ0v) is 14.9. The van der Waals surface area contributed by atoms with Crippen molar-refractivity contribution >= 4 is 33.3 Å². The molecule has 0 saturated carbocycles. The predicted octanol–water partition coefficient (Wildman–Crippen LogP) is 2.22. The smallest absolute Gasteiger partial charge is 0.338 e. The summed E-state index contributed by atoms with van der Waals surface area (Å²) >= 11 is 5.77. The highest BCUT2D eigenvalue weighted by Crippen LogP contribution is 2.12. The molecule has 0 saturated heterocycles. The van der Waals surface area contributed by atoms with E-state index in [9.17, 15) is 18.0 Å². The van der Waals surface area contributed by atoms with E-state index < -0.39 is 28.3 Å². The topological polar surface area (TPSA) is 89.5 Å². The number of esters is 1. The molecule has 0 spiro atoms. The van der Waals surface area contributed by atoms with Crippen LogP contribution in [0.1, 0.15) is 15.9 Å². The summed E-state index contributed by atoms with van der Waals surface area (Å²) in [5.74, 6) is -1.24. The zero-order chi connectivity index (χ0) is 18.4. The maximum atomic E-state index is 11.9. The van der Waals surface area contributed by atoms with Crippen molar-refractivity contribution < 1.29 is 22.7 Å². The molecule has 0 bridgehead atoms. The van der Waals surface area contributed by atoms with Crippen molar-refractivity contribution in [2.45, 2.75) is 11.4 Å². The normalized spacial score (nSPS) is 11.0. The van der Waals surface area contributed by atoms with Gasteiger partial charge in [-0.2, -0.15) is 0 Å². The van der Waals surface area contributed by atoms with Crippen molar-refractivity contribution in [3.05, 3.63) is 64.7 Å². The molecular formula is C17H16ClNO5S. The summed E-state index contributed by atoms with van der Waals surface area (Å²) in [7, 11) is -3.43. The Balaban J connectivity index is 1.87. The summed E-state index contributed by atoms with van der Waals surface area (Å²) in [6.07, 6.45) is 1.04. The Hall–Kier alpha value is -2.38. The Kier molecular flexibility index (Phi) is 6.17. The van der Waals surface area contributed by atoms with E-state index >= 15 is 0 Å². The molecule has 132 valence electrons. The minimum atomic E-state index is -3.43. The van der Waals surface area contributed by atoms with Crippen LogP contribution in [0.25, 0.3) is 0 Å². The van der Waals surface area contributed by atoms with Crippen LogP contribution in [-0.4, -0.2) is 33.2 Å². The van der Waals surface area contributed by atoms with E-state index in [1.807, 2.05) is 0 Å². The van der Waals surface area contributed by atoms with Crippen LogP contribution in [0.3, 0.4) is 0 Å². The van der Waals surface area contributed by atoms with E-state index in [-0.39, 0.29) is 17.0 Å². The molecule has 0 atom stereocenters. The molecule has 2 aromatic rings. The highest BCUT2D eigenvalue weighted by atomic mass is 35.5. The van der Waals surface area contributed by atoms with Crippen LogP contribution in [0.15, 0.2) is 53.4 Å². The van der Waals surface area contributed by atoms with Gasteiger partial charge in [0.05, 0.1) is 10.5 Å². The number of hydrogen-bond acceptors (Lipinski definition) is 5. The van der Waals surface area contributed by atoms with E-state index in [2.05, 4.69) is 5.32 Å². The lowest BCUT2D eigenvalue weighted by Gasteiger charge is -2.07. The van der Waals surface area contributed by atoms with Gasteiger partial charge in [0.15, 0.2) is 16.4 Å². The standard InChI is InChI=1S/C17H16ClNO5S/c1-25(22,23)15-4-2-3-13(9-15)17(21)24-11-16(20)19-10-12-5-7-14(18)8-6-12/h2-9H,10-11H2,1H3,(H,19,20). The van der Waals surface area contributed by atoms with Crippen molar-refractivity contribution in [2.75, 3.05) is 12.9 Å². The summed E-state index contributed by atoms with van der Waals surface area (Å²) in [6, 6.07) is 12.4. The zero-order valence-electron chi connectivity index (χ0n) is 13.4. The van der Waals surface area contributed by atoms with Gasteiger partial charge >= 0.3 is 5.97 Å². The molecule has 0 fully saturated rings. The second-order valence-electron chi connectivity index (χ2n) is 5.28. The summed E-state index contributed by atoms with van der Waals surface area (Å²) in [5, 5.41) is 3.20. The number of ether oxygens (including phenoxy) is 1. The first kappa shape index (κ1) is 19.0. The van der Waals surface area contributed by atoms with Crippen LogP contribution in [-0.2, 0) is 25.9 Å². The van der Waals surface area contributed by atoms with Crippen LogP contribution >= 0.6 is 11.6 Å².